The van der Waals surface area contributed by atoms with E-state index in [9.17, 15) is 14.4 Å². The normalized spacial score (nSPS) is 9.19. The molecule has 0 saturated carbocycles. The van der Waals surface area contributed by atoms with Crippen LogP contribution in [0.1, 0.15) is 13.8 Å². The van der Waals surface area contributed by atoms with Gasteiger partial charge in [0.15, 0.2) is 0 Å². The highest BCUT2D eigenvalue weighted by molar-refractivity contribution is 5.86. The minimum atomic E-state index is -0.935. The van der Waals surface area contributed by atoms with Gasteiger partial charge in [-0.1, -0.05) is 19.7 Å². The number of hydrogen-bond donors (Lipinski definition) is 1. The standard InChI is InChI=1S/C8H15NO2.C7H13NO2.C4H6O2/c1-7(2)8(10)11-6-5-9(3)4;1-4-7(9)10-6-5-8(2)3;1-3(2)4(5)6/h1,5-6H2,2-4H3;4H,1,5-6H2,2-3H3;1H2,2H3,(H,5,6). The third-order valence-corrected chi connectivity index (χ3v) is 2.43. The van der Waals surface area contributed by atoms with Crippen LogP contribution in [0.15, 0.2) is 37.0 Å². The van der Waals surface area contributed by atoms with Crippen molar-refractivity contribution in [1.82, 2.24) is 9.80 Å². The lowest BCUT2D eigenvalue weighted by Crippen LogP contribution is -2.20. The maximum atomic E-state index is 10.8. The van der Waals surface area contributed by atoms with E-state index in [4.69, 9.17) is 14.6 Å². The predicted octanol–water partition coefficient (Wildman–Crippen LogP) is 1.59. The lowest BCUT2D eigenvalue weighted by atomic mass is 10.4. The third kappa shape index (κ3) is 28.6. The van der Waals surface area contributed by atoms with Gasteiger partial charge in [0.05, 0.1) is 0 Å². The zero-order valence-electron chi connectivity index (χ0n) is 17.4. The number of carboxylic acids is 1. The Balaban J connectivity index is -0.000000334. The molecule has 0 spiro atoms. The molecule has 8 heteroatoms. The van der Waals surface area contributed by atoms with Crippen molar-refractivity contribution in [2.24, 2.45) is 0 Å². The number of esters is 2. The molecule has 0 rings (SSSR count). The quantitative estimate of drug-likeness (QED) is 0.471. The number of hydrogen-bond acceptors (Lipinski definition) is 7. The van der Waals surface area contributed by atoms with Gasteiger partial charge in [-0.05, 0) is 42.0 Å². The minimum absolute atomic E-state index is 0.176. The predicted molar refractivity (Wildman–Crippen MR) is 106 cm³/mol. The van der Waals surface area contributed by atoms with Gasteiger partial charge in [0, 0.05) is 30.3 Å². The molecule has 1 N–H and O–H groups in total. The summed E-state index contributed by atoms with van der Waals surface area (Å²) in [5.41, 5.74) is 0.624. The molecule has 0 aromatic carbocycles. The summed E-state index contributed by atoms with van der Waals surface area (Å²) in [7, 11) is 7.69. The van der Waals surface area contributed by atoms with Crippen LogP contribution in [0.2, 0.25) is 0 Å². The topological polar surface area (TPSA) is 96.4 Å². The van der Waals surface area contributed by atoms with Gasteiger partial charge >= 0.3 is 17.9 Å². The summed E-state index contributed by atoms with van der Waals surface area (Å²) >= 11 is 0. The Kier molecular flexibility index (Phi) is 19.9. The second kappa shape index (κ2) is 18.3. The Labute approximate surface area is 162 Å². The van der Waals surface area contributed by atoms with Gasteiger partial charge in [0.1, 0.15) is 13.2 Å². The molecular weight excluding hydrogens is 352 g/mol. The van der Waals surface area contributed by atoms with Crippen LogP contribution in [-0.4, -0.2) is 87.3 Å². The zero-order chi connectivity index (χ0) is 22.0. The largest absolute Gasteiger partial charge is 0.478 e. The molecule has 0 aromatic heterocycles. The molecule has 0 fully saturated rings. The van der Waals surface area contributed by atoms with E-state index in [1.807, 2.05) is 38.0 Å². The molecule has 0 aliphatic carbocycles. The zero-order valence-corrected chi connectivity index (χ0v) is 17.4. The fraction of sp³-hybridized carbons (Fsp3) is 0.526. The highest BCUT2D eigenvalue weighted by Gasteiger charge is 2.01. The molecule has 0 bridgehead atoms. The van der Waals surface area contributed by atoms with Crippen LogP contribution < -0.4 is 0 Å². The smallest absolute Gasteiger partial charge is 0.333 e. The summed E-state index contributed by atoms with van der Waals surface area (Å²) in [6.07, 6.45) is 1.16. The summed E-state index contributed by atoms with van der Waals surface area (Å²) in [6, 6.07) is 0. The molecule has 27 heavy (non-hydrogen) atoms. The fourth-order valence-electron chi connectivity index (χ4n) is 0.832. The maximum absolute atomic E-state index is 10.8. The minimum Gasteiger partial charge on any atom is -0.478 e. The van der Waals surface area contributed by atoms with E-state index >= 15 is 0 Å². The number of carbonyl (C=O) groups is 3. The Hall–Kier alpha value is -2.45. The average Bonchev–Trinajstić information content (AvgIpc) is 2.54. The molecule has 0 aromatic rings. The van der Waals surface area contributed by atoms with E-state index in [2.05, 4.69) is 19.7 Å². The van der Waals surface area contributed by atoms with Crippen LogP contribution >= 0.6 is 0 Å². The maximum Gasteiger partial charge on any atom is 0.333 e. The third-order valence-electron chi connectivity index (χ3n) is 2.43. The van der Waals surface area contributed by atoms with E-state index in [0.717, 1.165) is 19.2 Å². The molecule has 0 atom stereocenters. The van der Waals surface area contributed by atoms with Crippen molar-refractivity contribution in [2.75, 3.05) is 54.5 Å². The van der Waals surface area contributed by atoms with E-state index in [0.29, 0.717) is 18.8 Å². The number of aliphatic carboxylic acids is 1. The summed E-state index contributed by atoms with van der Waals surface area (Å²) < 4.78 is 9.54. The van der Waals surface area contributed by atoms with Crippen molar-refractivity contribution in [3.05, 3.63) is 37.0 Å². The van der Waals surface area contributed by atoms with Crippen LogP contribution in [0.4, 0.5) is 0 Å². The van der Waals surface area contributed by atoms with Crippen LogP contribution in [0.5, 0.6) is 0 Å². The molecule has 0 aliphatic heterocycles. The first-order valence-corrected chi connectivity index (χ1v) is 8.15. The van der Waals surface area contributed by atoms with Gasteiger partial charge in [-0.15, -0.1) is 0 Å². The Morgan fingerprint density at radius 2 is 1.26 bits per heavy atom. The SMILES string of the molecule is C=C(C)C(=O)O.C=C(C)C(=O)OCCN(C)C.C=CC(=O)OCCN(C)C. The van der Waals surface area contributed by atoms with Crippen LogP contribution in [0.3, 0.4) is 0 Å². The monoisotopic (exact) mass is 386 g/mol. The molecular formula is C19H34N2O6. The fourth-order valence-corrected chi connectivity index (χ4v) is 0.832. The van der Waals surface area contributed by atoms with Crippen molar-refractivity contribution in [3.63, 3.8) is 0 Å². The van der Waals surface area contributed by atoms with E-state index in [-0.39, 0.29) is 17.5 Å². The van der Waals surface area contributed by atoms with Gasteiger partial charge < -0.3 is 24.4 Å². The first-order chi connectivity index (χ1) is 12.3. The van der Waals surface area contributed by atoms with E-state index in [1.165, 1.54) is 6.92 Å². The first kappa shape index (κ1) is 29.3. The first-order valence-electron chi connectivity index (χ1n) is 8.15. The molecule has 0 heterocycles. The highest BCUT2D eigenvalue weighted by atomic mass is 16.5. The average molecular weight is 386 g/mol. The summed E-state index contributed by atoms with van der Waals surface area (Å²) in [5, 5.41) is 7.89. The van der Waals surface area contributed by atoms with Crippen LogP contribution in [0.25, 0.3) is 0 Å². The second-order valence-corrected chi connectivity index (χ2v) is 5.98. The van der Waals surface area contributed by atoms with Crippen molar-refractivity contribution in [1.29, 1.82) is 0 Å². The van der Waals surface area contributed by atoms with Gasteiger partial charge in [0.25, 0.3) is 0 Å². The summed E-state index contributed by atoms with van der Waals surface area (Å²) in [6.45, 7) is 15.3. The molecule has 0 radical (unpaired) electrons. The van der Waals surface area contributed by atoms with E-state index < -0.39 is 5.97 Å². The Morgan fingerprint density at radius 3 is 1.52 bits per heavy atom. The Bertz CT molecular complexity index is 486. The Morgan fingerprint density at radius 1 is 0.889 bits per heavy atom. The van der Waals surface area contributed by atoms with Crippen molar-refractivity contribution >= 4 is 17.9 Å². The number of ether oxygens (including phenoxy) is 2. The number of carbonyl (C=O) groups excluding carboxylic acids is 2. The van der Waals surface area contributed by atoms with Gasteiger partial charge in [-0.25, -0.2) is 14.4 Å². The second-order valence-electron chi connectivity index (χ2n) is 5.98. The molecule has 0 aliphatic rings. The number of rotatable bonds is 9. The summed E-state index contributed by atoms with van der Waals surface area (Å²) in [5.74, 6) is -1.61. The van der Waals surface area contributed by atoms with Crippen molar-refractivity contribution < 1.29 is 29.0 Å². The van der Waals surface area contributed by atoms with Gasteiger partial charge in [0.2, 0.25) is 0 Å². The van der Waals surface area contributed by atoms with E-state index in [1.54, 1.807) is 6.92 Å². The van der Waals surface area contributed by atoms with Gasteiger partial charge in [-0.2, -0.15) is 0 Å². The highest BCUT2D eigenvalue weighted by Crippen LogP contribution is 1.91. The van der Waals surface area contributed by atoms with Crippen molar-refractivity contribution in [2.45, 2.75) is 13.8 Å². The van der Waals surface area contributed by atoms with Crippen molar-refractivity contribution in [3.8, 4) is 0 Å². The number of nitrogens with zero attached hydrogens (tertiary/aromatic N) is 2. The molecule has 0 saturated heterocycles. The molecule has 156 valence electrons. The lowest BCUT2D eigenvalue weighted by molar-refractivity contribution is -0.139. The molecule has 0 amide bonds. The number of likely N-dealkylation sites (N-methyl/N-ethyl adjacent to an activating group) is 2. The van der Waals surface area contributed by atoms with Gasteiger partial charge in [-0.3, -0.25) is 0 Å². The lowest BCUT2D eigenvalue weighted by Gasteiger charge is -2.09. The molecule has 8 nitrogen and oxygen atoms in total. The number of carboxylic acid groups (broad SMARTS) is 1. The summed E-state index contributed by atoms with van der Waals surface area (Å²) in [4.78, 5) is 34.7. The van der Waals surface area contributed by atoms with Crippen LogP contribution in [-0.2, 0) is 23.9 Å². The molecule has 0 unspecified atom stereocenters. The van der Waals surface area contributed by atoms with Crippen LogP contribution in [0, 0.1) is 0 Å².